The number of benzene rings is 3. The van der Waals surface area contributed by atoms with Crippen LogP contribution in [-0.4, -0.2) is 57.0 Å². The molecule has 5 rings (SSSR count). The number of ether oxygens (including phenoxy) is 2. The van der Waals surface area contributed by atoms with Gasteiger partial charge in [-0.25, -0.2) is 8.42 Å². The van der Waals surface area contributed by atoms with E-state index in [9.17, 15) is 13.7 Å². The Labute approximate surface area is 206 Å². The van der Waals surface area contributed by atoms with E-state index in [0.29, 0.717) is 56.5 Å². The quantitative estimate of drug-likeness (QED) is 0.541. The Kier molecular flexibility index (Phi) is 6.73. The first-order chi connectivity index (χ1) is 17.0. The summed E-state index contributed by atoms with van der Waals surface area (Å²) in [6.07, 6.45) is 0.772. The Hall–Kier alpha value is -3.38. The lowest BCUT2D eigenvalue weighted by molar-refractivity contribution is 0.181. The number of hydrogen-bond acceptors (Lipinski definition) is 6. The fourth-order valence-corrected chi connectivity index (χ4v) is 5.90. The number of hydrogen-bond donors (Lipinski definition) is 0. The molecule has 2 heterocycles. The zero-order valence-electron chi connectivity index (χ0n) is 19.4. The van der Waals surface area contributed by atoms with Crippen LogP contribution in [0.5, 0.6) is 11.5 Å². The monoisotopic (exact) mass is 489 g/mol. The van der Waals surface area contributed by atoms with E-state index in [-0.39, 0.29) is 4.90 Å². The molecule has 3 aromatic carbocycles. The first-order valence-corrected chi connectivity index (χ1v) is 13.2. The van der Waals surface area contributed by atoms with Gasteiger partial charge in [-0.1, -0.05) is 42.5 Å². The molecule has 2 aliphatic rings. The van der Waals surface area contributed by atoms with Crippen molar-refractivity contribution in [2.24, 2.45) is 0 Å². The van der Waals surface area contributed by atoms with Crippen LogP contribution in [-0.2, 0) is 16.6 Å². The van der Waals surface area contributed by atoms with Crippen LogP contribution in [0.3, 0.4) is 0 Å². The average molecular weight is 490 g/mol. The number of sulfonamides is 1. The van der Waals surface area contributed by atoms with E-state index < -0.39 is 10.0 Å². The minimum absolute atomic E-state index is 0.239. The first kappa shape index (κ1) is 23.4. The summed E-state index contributed by atoms with van der Waals surface area (Å²) < 4.78 is 39.3. The molecule has 3 aromatic rings. The molecule has 0 unspecified atom stereocenters. The van der Waals surface area contributed by atoms with Crippen LogP contribution >= 0.6 is 0 Å². The van der Waals surface area contributed by atoms with Crippen molar-refractivity contribution in [3.8, 4) is 28.7 Å². The van der Waals surface area contributed by atoms with Crippen molar-refractivity contribution in [3.05, 3.63) is 77.9 Å². The molecule has 180 valence electrons. The minimum Gasteiger partial charge on any atom is -0.490 e. The molecule has 0 aliphatic carbocycles. The topological polar surface area (TPSA) is 82.9 Å². The largest absolute Gasteiger partial charge is 0.490 e. The molecule has 8 heteroatoms. The first-order valence-electron chi connectivity index (χ1n) is 11.8. The zero-order valence-corrected chi connectivity index (χ0v) is 20.2. The molecule has 0 aromatic heterocycles. The standard InChI is InChI=1S/C27H27N3O4S/c28-19-23-4-1-2-5-25(23)22-8-6-21(7-9-22)20-29-12-14-30(15-13-29)35(31,32)24-10-11-26-27(18-24)34-17-3-16-33-26/h1-2,4-11,18H,3,12-17,20H2. The van der Waals surface area contributed by atoms with Gasteiger partial charge in [0, 0.05) is 45.2 Å². The summed E-state index contributed by atoms with van der Waals surface area (Å²) in [5.74, 6) is 1.08. The summed E-state index contributed by atoms with van der Waals surface area (Å²) >= 11 is 0. The predicted octanol–water partition coefficient (Wildman–Crippen LogP) is 3.89. The van der Waals surface area contributed by atoms with Gasteiger partial charge in [0.2, 0.25) is 10.0 Å². The van der Waals surface area contributed by atoms with Crippen LogP contribution in [0.4, 0.5) is 0 Å². The molecule has 7 nitrogen and oxygen atoms in total. The Morgan fingerprint density at radius 2 is 1.57 bits per heavy atom. The fourth-order valence-electron chi connectivity index (χ4n) is 4.46. The summed E-state index contributed by atoms with van der Waals surface area (Å²) in [5.41, 5.74) is 3.75. The zero-order chi connectivity index (χ0) is 24.3. The van der Waals surface area contributed by atoms with Crippen molar-refractivity contribution in [3.63, 3.8) is 0 Å². The van der Waals surface area contributed by atoms with Crippen molar-refractivity contribution in [1.82, 2.24) is 9.21 Å². The van der Waals surface area contributed by atoms with E-state index in [1.54, 1.807) is 22.5 Å². The summed E-state index contributed by atoms with van der Waals surface area (Å²) in [6.45, 7) is 4.01. The van der Waals surface area contributed by atoms with E-state index in [4.69, 9.17) is 9.47 Å². The van der Waals surface area contributed by atoms with Gasteiger partial charge in [-0.2, -0.15) is 9.57 Å². The van der Waals surface area contributed by atoms with Crippen LogP contribution < -0.4 is 9.47 Å². The van der Waals surface area contributed by atoms with Gasteiger partial charge in [0.15, 0.2) is 11.5 Å². The molecule has 2 aliphatic heterocycles. The molecule has 0 spiro atoms. The summed E-state index contributed by atoms with van der Waals surface area (Å²) in [5, 5.41) is 9.35. The number of nitrogens with zero attached hydrogens (tertiary/aromatic N) is 3. The molecule has 0 atom stereocenters. The SMILES string of the molecule is N#Cc1ccccc1-c1ccc(CN2CCN(S(=O)(=O)c3ccc4c(c3)OCCCO4)CC2)cc1. The average Bonchev–Trinajstić information content (AvgIpc) is 3.14. The molecule has 0 saturated carbocycles. The second-order valence-electron chi connectivity index (χ2n) is 8.69. The normalized spacial score (nSPS) is 16.9. The molecular formula is C27H27N3O4S. The highest BCUT2D eigenvalue weighted by atomic mass is 32.2. The maximum Gasteiger partial charge on any atom is 0.243 e. The van der Waals surface area contributed by atoms with E-state index in [1.807, 2.05) is 36.4 Å². The van der Waals surface area contributed by atoms with Crippen molar-refractivity contribution >= 4 is 10.0 Å². The second-order valence-corrected chi connectivity index (χ2v) is 10.6. The lowest BCUT2D eigenvalue weighted by Gasteiger charge is -2.34. The molecule has 35 heavy (non-hydrogen) atoms. The summed E-state index contributed by atoms with van der Waals surface area (Å²) in [6, 6.07) is 22.9. The van der Waals surface area contributed by atoms with Crippen LogP contribution in [0, 0.1) is 11.3 Å². The van der Waals surface area contributed by atoms with Crippen molar-refractivity contribution in [2.45, 2.75) is 17.9 Å². The third kappa shape index (κ3) is 5.03. The van der Waals surface area contributed by atoms with Crippen molar-refractivity contribution in [1.29, 1.82) is 5.26 Å². The molecule has 1 saturated heterocycles. The number of fused-ring (bicyclic) bond motifs is 1. The van der Waals surface area contributed by atoms with E-state index in [0.717, 1.165) is 29.7 Å². The number of piperazine rings is 1. The van der Waals surface area contributed by atoms with Gasteiger partial charge in [-0.05, 0) is 34.9 Å². The van der Waals surface area contributed by atoms with Gasteiger partial charge in [-0.15, -0.1) is 0 Å². The van der Waals surface area contributed by atoms with Gasteiger partial charge in [-0.3, -0.25) is 4.90 Å². The van der Waals surface area contributed by atoms with Gasteiger partial charge < -0.3 is 9.47 Å². The maximum absolute atomic E-state index is 13.2. The number of rotatable bonds is 5. The third-order valence-electron chi connectivity index (χ3n) is 6.41. The second kappa shape index (κ2) is 10.1. The summed E-state index contributed by atoms with van der Waals surface area (Å²) in [4.78, 5) is 2.50. The highest BCUT2D eigenvalue weighted by Gasteiger charge is 2.29. The molecule has 0 bridgehead atoms. The van der Waals surface area contributed by atoms with E-state index in [1.165, 1.54) is 0 Å². The lowest BCUT2D eigenvalue weighted by Crippen LogP contribution is -2.48. The van der Waals surface area contributed by atoms with Gasteiger partial charge >= 0.3 is 0 Å². The van der Waals surface area contributed by atoms with Crippen LogP contribution in [0.15, 0.2) is 71.6 Å². The Morgan fingerprint density at radius 3 is 2.31 bits per heavy atom. The fraction of sp³-hybridized carbons (Fsp3) is 0.296. The maximum atomic E-state index is 13.2. The van der Waals surface area contributed by atoms with Crippen molar-refractivity contribution in [2.75, 3.05) is 39.4 Å². The highest BCUT2D eigenvalue weighted by molar-refractivity contribution is 7.89. The smallest absolute Gasteiger partial charge is 0.243 e. The number of nitriles is 1. The third-order valence-corrected chi connectivity index (χ3v) is 8.30. The van der Waals surface area contributed by atoms with Crippen LogP contribution in [0.2, 0.25) is 0 Å². The van der Waals surface area contributed by atoms with Gasteiger partial charge in [0.25, 0.3) is 0 Å². The highest BCUT2D eigenvalue weighted by Crippen LogP contribution is 2.33. The predicted molar refractivity (Wildman–Crippen MR) is 133 cm³/mol. The lowest BCUT2D eigenvalue weighted by atomic mass is 9.99. The Bertz CT molecular complexity index is 1340. The molecule has 0 amide bonds. The molecular weight excluding hydrogens is 462 g/mol. The Balaban J connectivity index is 1.21. The van der Waals surface area contributed by atoms with Crippen LogP contribution in [0.1, 0.15) is 17.5 Å². The summed E-state index contributed by atoms with van der Waals surface area (Å²) in [7, 11) is -3.60. The molecule has 1 fully saturated rings. The van der Waals surface area contributed by atoms with E-state index in [2.05, 4.69) is 23.1 Å². The van der Waals surface area contributed by atoms with Gasteiger partial charge in [0.1, 0.15) is 0 Å². The van der Waals surface area contributed by atoms with Crippen molar-refractivity contribution < 1.29 is 17.9 Å². The molecule has 0 N–H and O–H groups in total. The molecule has 0 radical (unpaired) electrons. The Morgan fingerprint density at radius 1 is 0.857 bits per heavy atom. The van der Waals surface area contributed by atoms with Crippen LogP contribution in [0.25, 0.3) is 11.1 Å². The van der Waals surface area contributed by atoms with Gasteiger partial charge in [0.05, 0.1) is 29.7 Å². The minimum atomic E-state index is -3.60. The van der Waals surface area contributed by atoms with E-state index >= 15 is 0 Å².